The number of aromatic nitrogens is 1. The molecule has 0 N–H and O–H groups in total. The highest BCUT2D eigenvalue weighted by atomic mass is 16.6. The molecule has 3 aromatic rings. The highest BCUT2D eigenvalue weighted by molar-refractivity contribution is 5.87. The van der Waals surface area contributed by atoms with Crippen LogP contribution in [0.15, 0.2) is 72.0 Å². The van der Waals surface area contributed by atoms with Gasteiger partial charge in [-0.25, -0.2) is 4.79 Å². The van der Waals surface area contributed by atoms with Crippen LogP contribution in [0.5, 0.6) is 0 Å². The number of hydrogen-bond donors (Lipinski definition) is 0. The second kappa shape index (κ2) is 7.48. The molecule has 1 aromatic carbocycles. The van der Waals surface area contributed by atoms with Crippen molar-refractivity contribution in [1.82, 2.24) is 9.88 Å². The van der Waals surface area contributed by atoms with Crippen molar-refractivity contribution in [1.29, 1.82) is 0 Å². The van der Waals surface area contributed by atoms with Crippen LogP contribution in [0.25, 0.3) is 10.9 Å². The molecule has 3 saturated heterocycles. The van der Waals surface area contributed by atoms with Crippen LogP contribution in [0.3, 0.4) is 0 Å². The van der Waals surface area contributed by atoms with Gasteiger partial charge in [0.05, 0.1) is 17.8 Å². The van der Waals surface area contributed by atoms with Gasteiger partial charge in [-0.1, -0.05) is 24.3 Å². The molecule has 3 aliphatic rings. The summed E-state index contributed by atoms with van der Waals surface area (Å²) in [5, 5.41) is 1.02. The molecule has 5 heteroatoms. The van der Waals surface area contributed by atoms with Gasteiger partial charge in [0.1, 0.15) is 6.10 Å². The molecule has 0 amide bonds. The van der Waals surface area contributed by atoms with Crippen LogP contribution in [-0.2, 0) is 4.74 Å². The lowest BCUT2D eigenvalue weighted by Gasteiger charge is -2.51. The summed E-state index contributed by atoms with van der Waals surface area (Å²) in [7, 11) is 0. The van der Waals surface area contributed by atoms with E-state index in [1.807, 2.05) is 30.3 Å². The van der Waals surface area contributed by atoms with Crippen LogP contribution in [0.1, 0.15) is 35.1 Å². The summed E-state index contributed by atoms with van der Waals surface area (Å²) in [5.74, 6) is 0.896. The van der Waals surface area contributed by atoms with Crippen molar-refractivity contribution in [2.24, 2.45) is 11.8 Å². The average Bonchev–Trinajstić information content (AvgIpc) is 3.32. The number of ether oxygens (including phenoxy) is 1. The standard InChI is InChI=1S/C24H24N2O3/c1-2-16-15-26-12-10-17(16)14-21(26)23(29-24(27)22-8-5-13-28-22)19-9-11-25-20-7-4-3-6-18(19)20/h2-9,11,13,16-17,21,23H,1,10,12,14-15H2/t16-,17+,21+,23-/m0/s1. The first-order valence-electron chi connectivity index (χ1n) is 10.2. The van der Waals surface area contributed by atoms with Crippen LogP contribution in [-0.4, -0.2) is 35.0 Å². The number of carbonyl (C=O) groups excluding carboxylic acids is 1. The lowest BCUT2D eigenvalue weighted by atomic mass is 9.73. The summed E-state index contributed by atoms with van der Waals surface area (Å²) in [5.41, 5.74) is 1.91. The molecule has 2 bridgehead atoms. The van der Waals surface area contributed by atoms with Gasteiger partial charge in [-0.3, -0.25) is 9.88 Å². The topological polar surface area (TPSA) is 55.6 Å². The molecule has 1 unspecified atom stereocenters. The number of furan rings is 1. The highest BCUT2D eigenvalue weighted by Crippen LogP contribution is 2.43. The van der Waals surface area contributed by atoms with Gasteiger partial charge in [0.2, 0.25) is 5.76 Å². The fourth-order valence-corrected chi connectivity index (χ4v) is 4.98. The van der Waals surface area contributed by atoms with Crippen molar-refractivity contribution in [2.45, 2.75) is 25.0 Å². The zero-order chi connectivity index (χ0) is 19.8. The molecule has 5 nitrogen and oxygen atoms in total. The number of pyridine rings is 1. The summed E-state index contributed by atoms with van der Waals surface area (Å²) in [6.45, 7) is 6.02. The Balaban J connectivity index is 1.55. The third-order valence-corrected chi connectivity index (χ3v) is 6.45. The van der Waals surface area contributed by atoms with Crippen molar-refractivity contribution in [3.05, 3.63) is 78.9 Å². The van der Waals surface area contributed by atoms with Gasteiger partial charge < -0.3 is 9.15 Å². The third-order valence-electron chi connectivity index (χ3n) is 6.45. The average molecular weight is 388 g/mol. The van der Waals surface area contributed by atoms with E-state index in [1.54, 1.807) is 18.3 Å². The largest absolute Gasteiger partial charge is 0.457 e. The predicted molar refractivity (Wildman–Crippen MR) is 110 cm³/mol. The van der Waals surface area contributed by atoms with Crippen molar-refractivity contribution in [3.63, 3.8) is 0 Å². The van der Waals surface area contributed by atoms with E-state index in [4.69, 9.17) is 9.15 Å². The molecule has 0 spiro atoms. The molecule has 0 aliphatic carbocycles. The quantitative estimate of drug-likeness (QED) is 0.471. The Morgan fingerprint density at radius 3 is 2.93 bits per heavy atom. The second-order valence-corrected chi connectivity index (χ2v) is 7.97. The van der Waals surface area contributed by atoms with Crippen LogP contribution in [0, 0.1) is 11.8 Å². The van der Waals surface area contributed by atoms with E-state index in [1.165, 1.54) is 12.7 Å². The maximum atomic E-state index is 12.8. The fourth-order valence-electron chi connectivity index (χ4n) is 4.98. The van der Waals surface area contributed by atoms with Crippen molar-refractivity contribution >= 4 is 16.9 Å². The van der Waals surface area contributed by atoms with E-state index < -0.39 is 5.97 Å². The first kappa shape index (κ1) is 18.1. The van der Waals surface area contributed by atoms with Crippen molar-refractivity contribution < 1.29 is 13.9 Å². The Morgan fingerprint density at radius 2 is 2.17 bits per heavy atom. The van der Waals surface area contributed by atoms with E-state index in [0.29, 0.717) is 11.8 Å². The van der Waals surface area contributed by atoms with E-state index in [0.717, 1.165) is 36.0 Å². The number of fused-ring (bicyclic) bond motifs is 4. The van der Waals surface area contributed by atoms with Gasteiger partial charge >= 0.3 is 5.97 Å². The second-order valence-electron chi connectivity index (χ2n) is 7.97. The zero-order valence-corrected chi connectivity index (χ0v) is 16.2. The molecule has 0 saturated carbocycles. The Morgan fingerprint density at radius 1 is 1.28 bits per heavy atom. The fraction of sp³-hybridized carbons (Fsp3) is 0.333. The molecule has 3 aliphatic heterocycles. The van der Waals surface area contributed by atoms with E-state index in [9.17, 15) is 4.79 Å². The van der Waals surface area contributed by atoms with Crippen LogP contribution < -0.4 is 0 Å². The lowest BCUT2D eigenvalue weighted by Crippen LogP contribution is -2.55. The predicted octanol–water partition coefficient (Wildman–Crippen LogP) is 4.62. The SMILES string of the molecule is C=C[C@H]1CN2CC[C@@H]1C[C@@H]2[C@@H](OC(=O)c1ccco1)c1ccnc2ccccc12. The number of carbonyl (C=O) groups is 1. The van der Waals surface area contributed by atoms with Crippen LogP contribution >= 0.6 is 0 Å². The van der Waals surface area contributed by atoms with Crippen molar-refractivity contribution in [3.8, 4) is 0 Å². The summed E-state index contributed by atoms with van der Waals surface area (Å²) in [4.78, 5) is 19.8. The highest BCUT2D eigenvalue weighted by Gasteiger charge is 2.44. The first-order chi connectivity index (χ1) is 14.2. The number of rotatable bonds is 5. The lowest BCUT2D eigenvalue weighted by molar-refractivity contribution is -0.0578. The Kier molecular flexibility index (Phi) is 4.68. The monoisotopic (exact) mass is 388 g/mol. The number of piperidine rings is 3. The van der Waals surface area contributed by atoms with Crippen LogP contribution in [0.4, 0.5) is 0 Å². The maximum Gasteiger partial charge on any atom is 0.374 e. The van der Waals surface area contributed by atoms with Gasteiger partial charge in [-0.05, 0) is 55.5 Å². The van der Waals surface area contributed by atoms with Gasteiger partial charge in [0, 0.05) is 23.7 Å². The van der Waals surface area contributed by atoms with Gasteiger partial charge in [-0.15, -0.1) is 6.58 Å². The Bertz CT molecular complexity index is 1020. The third kappa shape index (κ3) is 3.25. The number of hydrogen-bond acceptors (Lipinski definition) is 5. The zero-order valence-electron chi connectivity index (χ0n) is 16.2. The summed E-state index contributed by atoms with van der Waals surface area (Å²) in [6.07, 6.45) is 7.16. The van der Waals surface area contributed by atoms with Gasteiger partial charge in [-0.2, -0.15) is 0 Å². The molecule has 6 rings (SSSR count). The van der Waals surface area contributed by atoms with E-state index >= 15 is 0 Å². The Hall–Kier alpha value is -2.92. The van der Waals surface area contributed by atoms with Gasteiger partial charge in [0.25, 0.3) is 0 Å². The molecule has 3 fully saturated rings. The Labute approximate surface area is 170 Å². The molecule has 5 atom stereocenters. The van der Waals surface area contributed by atoms with E-state index in [2.05, 4.69) is 22.5 Å². The smallest absolute Gasteiger partial charge is 0.374 e. The molecular weight excluding hydrogens is 364 g/mol. The number of nitrogens with zero attached hydrogens (tertiary/aromatic N) is 2. The van der Waals surface area contributed by atoms with E-state index in [-0.39, 0.29) is 17.9 Å². The molecule has 2 aromatic heterocycles. The first-order valence-corrected chi connectivity index (χ1v) is 10.2. The molecule has 148 valence electrons. The van der Waals surface area contributed by atoms with Gasteiger partial charge in [0.15, 0.2) is 0 Å². The van der Waals surface area contributed by atoms with Crippen LogP contribution in [0.2, 0.25) is 0 Å². The summed E-state index contributed by atoms with van der Waals surface area (Å²) >= 11 is 0. The molecule has 29 heavy (non-hydrogen) atoms. The minimum Gasteiger partial charge on any atom is -0.457 e. The minimum atomic E-state index is -0.427. The number of benzene rings is 1. The van der Waals surface area contributed by atoms with Crippen molar-refractivity contribution in [2.75, 3.05) is 13.1 Å². The number of esters is 1. The summed E-state index contributed by atoms with van der Waals surface area (Å²) < 4.78 is 11.4. The normalized spacial score (nSPS) is 26.9. The maximum absolute atomic E-state index is 12.8. The number of para-hydroxylation sites is 1. The molecule has 5 heterocycles. The molecule has 0 radical (unpaired) electrons. The minimum absolute atomic E-state index is 0.134. The molecular formula is C24H24N2O3. The summed E-state index contributed by atoms with van der Waals surface area (Å²) in [6, 6.07) is 13.5.